The highest BCUT2D eigenvalue weighted by Gasteiger charge is 1.94. The lowest BCUT2D eigenvalue weighted by atomic mass is 10.1. The Labute approximate surface area is 62.5 Å². The van der Waals surface area contributed by atoms with E-state index in [1.54, 1.807) is 0 Å². The lowest BCUT2D eigenvalue weighted by molar-refractivity contribution is -1.04. The number of hydrogen-bond acceptors (Lipinski definition) is 2. The van der Waals surface area contributed by atoms with Gasteiger partial charge in [-0.15, -0.1) is 0 Å². The van der Waals surface area contributed by atoms with Crippen LogP contribution in [0, 0.1) is 11.1 Å². The Kier molecular flexibility index (Phi) is 5.58. The van der Waals surface area contributed by atoms with E-state index >= 15 is 0 Å². The summed E-state index contributed by atoms with van der Waals surface area (Å²) in [5.41, 5.74) is 0. The van der Waals surface area contributed by atoms with Crippen LogP contribution in [0.2, 0.25) is 0 Å². The van der Waals surface area contributed by atoms with E-state index < -0.39 is 0 Å². The van der Waals surface area contributed by atoms with Crippen molar-refractivity contribution in [3.05, 3.63) is 5.21 Å². The zero-order chi connectivity index (χ0) is 7.98. The molecule has 1 atom stereocenters. The van der Waals surface area contributed by atoms with Gasteiger partial charge in [0.05, 0.1) is 7.05 Å². The van der Waals surface area contributed by atoms with E-state index in [1.165, 1.54) is 7.05 Å². The number of hydroxylamine groups is 2. The van der Waals surface area contributed by atoms with E-state index in [9.17, 15) is 5.21 Å². The van der Waals surface area contributed by atoms with Crippen LogP contribution in [0.5, 0.6) is 0 Å². The van der Waals surface area contributed by atoms with Crippen molar-refractivity contribution in [1.82, 2.24) is 0 Å². The smallest absolute Gasteiger partial charge is 0.107 e. The Morgan fingerprint density at radius 1 is 1.50 bits per heavy atom. The summed E-state index contributed by atoms with van der Waals surface area (Å²) < 4.78 is 0. The summed E-state index contributed by atoms with van der Waals surface area (Å²) in [6.45, 7) is 4.90. The van der Waals surface area contributed by atoms with Crippen molar-refractivity contribution in [1.29, 1.82) is 0 Å². The van der Waals surface area contributed by atoms with Crippen LogP contribution in [0.1, 0.15) is 26.7 Å². The summed E-state index contributed by atoms with van der Waals surface area (Å²) in [5.74, 6) is 0.704. The SMILES string of the molecule is CC(C)CCCO[NH+](C)[O-]. The maximum Gasteiger partial charge on any atom is 0.107 e. The van der Waals surface area contributed by atoms with E-state index in [1.807, 2.05) is 0 Å². The Hall–Kier alpha value is -0.120. The predicted molar refractivity (Wildman–Crippen MR) is 40.3 cm³/mol. The van der Waals surface area contributed by atoms with Crippen LogP contribution < -0.4 is 5.23 Å². The largest absolute Gasteiger partial charge is 0.600 e. The maximum atomic E-state index is 10.3. The Morgan fingerprint density at radius 2 is 2.10 bits per heavy atom. The molecule has 0 saturated carbocycles. The molecular weight excluding hydrogens is 130 g/mol. The van der Waals surface area contributed by atoms with E-state index in [0.29, 0.717) is 12.5 Å². The first-order valence-electron chi connectivity index (χ1n) is 3.76. The summed E-state index contributed by atoms with van der Waals surface area (Å²) in [6, 6.07) is 0. The molecule has 1 unspecified atom stereocenters. The third-order valence-electron chi connectivity index (χ3n) is 1.23. The molecule has 0 amide bonds. The topological polar surface area (TPSA) is 36.7 Å². The van der Waals surface area contributed by atoms with Crippen molar-refractivity contribution in [2.24, 2.45) is 5.92 Å². The summed E-state index contributed by atoms with van der Waals surface area (Å²) in [4.78, 5) is 4.75. The third kappa shape index (κ3) is 7.88. The van der Waals surface area contributed by atoms with Crippen molar-refractivity contribution in [2.75, 3.05) is 13.7 Å². The summed E-state index contributed by atoms with van der Waals surface area (Å²) in [7, 11) is 1.44. The molecule has 0 rings (SSSR count). The minimum atomic E-state index is -0.177. The molecule has 0 saturated heterocycles. The molecule has 3 heteroatoms. The molecule has 0 aromatic rings. The minimum Gasteiger partial charge on any atom is -0.600 e. The Balaban J connectivity index is 2.91. The quantitative estimate of drug-likeness (QED) is 0.450. The van der Waals surface area contributed by atoms with Crippen molar-refractivity contribution >= 4 is 0 Å². The number of nitrogens with one attached hydrogen (secondary N) is 1. The van der Waals surface area contributed by atoms with Gasteiger partial charge in [-0.2, -0.15) is 0 Å². The lowest BCUT2D eigenvalue weighted by Crippen LogP contribution is -3.02. The van der Waals surface area contributed by atoms with Gasteiger partial charge < -0.3 is 5.21 Å². The maximum absolute atomic E-state index is 10.3. The number of hydrogen-bond donors (Lipinski definition) is 1. The molecule has 62 valence electrons. The van der Waals surface area contributed by atoms with E-state index in [2.05, 4.69) is 13.8 Å². The van der Waals surface area contributed by atoms with Gasteiger partial charge in [-0.3, -0.25) is 0 Å². The molecular formula is C7H17NO2. The predicted octanol–water partition coefficient (Wildman–Crippen LogP) is 0.367. The van der Waals surface area contributed by atoms with Gasteiger partial charge in [0.15, 0.2) is 0 Å². The van der Waals surface area contributed by atoms with Crippen LogP contribution >= 0.6 is 0 Å². The molecule has 3 nitrogen and oxygen atoms in total. The van der Waals surface area contributed by atoms with Gasteiger partial charge in [-0.05, 0) is 18.8 Å². The molecule has 0 radical (unpaired) electrons. The normalized spacial score (nSPS) is 14.1. The fourth-order valence-corrected chi connectivity index (χ4v) is 0.707. The molecule has 0 aromatic carbocycles. The fraction of sp³-hybridized carbons (Fsp3) is 1.00. The number of rotatable bonds is 5. The second kappa shape index (κ2) is 5.65. The van der Waals surface area contributed by atoms with Gasteiger partial charge in [0, 0.05) is 0 Å². The van der Waals surface area contributed by atoms with Gasteiger partial charge in [0.2, 0.25) is 0 Å². The molecule has 10 heavy (non-hydrogen) atoms. The van der Waals surface area contributed by atoms with Crippen LogP contribution in [-0.4, -0.2) is 13.7 Å². The first kappa shape index (κ1) is 9.88. The summed E-state index contributed by atoms with van der Waals surface area (Å²) in [5, 5.41) is 10.1. The van der Waals surface area contributed by atoms with E-state index in [4.69, 9.17) is 4.84 Å². The average molecular weight is 147 g/mol. The molecule has 1 N–H and O–H groups in total. The van der Waals surface area contributed by atoms with Crippen LogP contribution in [0.4, 0.5) is 0 Å². The average Bonchev–Trinajstić information content (AvgIpc) is 1.79. The minimum absolute atomic E-state index is 0.177. The van der Waals surface area contributed by atoms with Crippen molar-refractivity contribution < 1.29 is 10.1 Å². The Bertz CT molecular complexity index is 64.0. The first-order valence-corrected chi connectivity index (χ1v) is 3.76. The van der Waals surface area contributed by atoms with Gasteiger partial charge in [0.25, 0.3) is 0 Å². The van der Waals surface area contributed by atoms with E-state index in [-0.39, 0.29) is 5.23 Å². The second-order valence-electron chi connectivity index (χ2n) is 2.88. The molecule has 0 spiro atoms. The highest BCUT2D eigenvalue weighted by molar-refractivity contribution is 4.42. The van der Waals surface area contributed by atoms with Gasteiger partial charge >= 0.3 is 0 Å². The molecule has 0 aliphatic heterocycles. The van der Waals surface area contributed by atoms with E-state index in [0.717, 1.165) is 12.8 Å². The van der Waals surface area contributed by atoms with Crippen molar-refractivity contribution in [3.8, 4) is 0 Å². The molecule has 0 heterocycles. The number of quaternary nitrogens is 1. The fourth-order valence-electron chi connectivity index (χ4n) is 0.707. The van der Waals surface area contributed by atoms with Crippen LogP contribution in [0.15, 0.2) is 0 Å². The molecule has 0 fully saturated rings. The van der Waals surface area contributed by atoms with Gasteiger partial charge in [-0.1, -0.05) is 13.8 Å². The Morgan fingerprint density at radius 3 is 2.50 bits per heavy atom. The molecule has 0 aliphatic rings. The zero-order valence-corrected chi connectivity index (χ0v) is 7.02. The van der Waals surface area contributed by atoms with Gasteiger partial charge in [0.1, 0.15) is 6.61 Å². The standard InChI is InChI=1S/C7H17NO2/c1-7(2)5-4-6-10-8(3)9/h7-8H,4-6H2,1-3H3. The highest BCUT2D eigenvalue weighted by atomic mass is 16.9. The highest BCUT2D eigenvalue weighted by Crippen LogP contribution is 2.01. The molecule has 0 bridgehead atoms. The van der Waals surface area contributed by atoms with Gasteiger partial charge in [-0.25, -0.2) is 10.1 Å². The molecule has 0 aromatic heterocycles. The zero-order valence-electron chi connectivity index (χ0n) is 7.02. The van der Waals surface area contributed by atoms with Crippen LogP contribution in [0.3, 0.4) is 0 Å². The summed E-state index contributed by atoms with van der Waals surface area (Å²) in [6.07, 6.45) is 2.12. The summed E-state index contributed by atoms with van der Waals surface area (Å²) >= 11 is 0. The van der Waals surface area contributed by atoms with Crippen LogP contribution in [-0.2, 0) is 4.84 Å². The van der Waals surface area contributed by atoms with Crippen molar-refractivity contribution in [2.45, 2.75) is 26.7 Å². The second-order valence-corrected chi connectivity index (χ2v) is 2.88. The monoisotopic (exact) mass is 147 g/mol. The third-order valence-corrected chi connectivity index (χ3v) is 1.23. The van der Waals surface area contributed by atoms with Crippen molar-refractivity contribution in [3.63, 3.8) is 0 Å². The molecule has 0 aliphatic carbocycles. The lowest BCUT2D eigenvalue weighted by Gasteiger charge is -2.13. The van der Waals surface area contributed by atoms with Crippen LogP contribution in [0.25, 0.3) is 0 Å². The first-order chi connectivity index (χ1) is 4.63.